The molecule has 1 aromatic heterocycles. The highest BCUT2D eigenvalue weighted by Crippen LogP contribution is 2.27. The molecule has 1 atom stereocenters. The molecule has 0 unspecified atom stereocenters. The summed E-state index contributed by atoms with van der Waals surface area (Å²) in [4.78, 5) is 14.0. The fourth-order valence-corrected chi connectivity index (χ4v) is 3.14. The van der Waals surface area contributed by atoms with Crippen LogP contribution in [0.2, 0.25) is 0 Å². The maximum Gasteiger partial charge on any atom is 0.317 e. The second-order valence-corrected chi connectivity index (χ2v) is 6.51. The van der Waals surface area contributed by atoms with Crippen molar-refractivity contribution >= 4 is 17.4 Å². The number of urea groups is 1. The maximum atomic E-state index is 12.3. The summed E-state index contributed by atoms with van der Waals surface area (Å²) in [5.74, 6) is 1.34. The third kappa shape index (κ3) is 4.89. The van der Waals surface area contributed by atoms with Gasteiger partial charge in [0.05, 0.1) is 14.2 Å². The van der Waals surface area contributed by atoms with Crippen LogP contribution in [0.4, 0.5) is 4.79 Å². The number of carbonyl (C=O) groups excluding carboxylic acids is 1. The Balaban J connectivity index is 1.91. The van der Waals surface area contributed by atoms with Crippen LogP contribution in [-0.4, -0.2) is 38.2 Å². The van der Waals surface area contributed by atoms with E-state index in [4.69, 9.17) is 9.47 Å². The van der Waals surface area contributed by atoms with Crippen molar-refractivity contribution in [2.75, 3.05) is 21.3 Å². The molecule has 5 nitrogen and oxygen atoms in total. The number of carbonyl (C=O) groups is 1. The minimum atomic E-state index is -0.0903. The van der Waals surface area contributed by atoms with Crippen LogP contribution in [0.1, 0.15) is 18.1 Å². The fraction of sp³-hybridized carbons (Fsp3) is 0.389. The number of nitrogens with one attached hydrogen (secondary N) is 1. The van der Waals surface area contributed by atoms with Gasteiger partial charge in [0.25, 0.3) is 0 Å². The molecule has 0 fully saturated rings. The minimum absolute atomic E-state index is 0.0833. The summed E-state index contributed by atoms with van der Waals surface area (Å²) in [7, 11) is 4.99. The highest BCUT2D eigenvalue weighted by atomic mass is 32.1. The predicted octanol–water partition coefficient (Wildman–Crippen LogP) is 3.54. The van der Waals surface area contributed by atoms with E-state index in [0.717, 1.165) is 12.0 Å². The molecule has 0 aliphatic rings. The number of rotatable bonds is 7. The summed E-state index contributed by atoms with van der Waals surface area (Å²) in [6.07, 6.45) is 0.833. The average Bonchev–Trinajstić information content (AvgIpc) is 3.07. The van der Waals surface area contributed by atoms with Gasteiger partial charge in [-0.15, -0.1) is 0 Å². The van der Waals surface area contributed by atoms with E-state index in [1.54, 1.807) is 37.5 Å². The van der Waals surface area contributed by atoms with Gasteiger partial charge < -0.3 is 19.7 Å². The molecular weight excluding hydrogens is 324 g/mol. The zero-order chi connectivity index (χ0) is 17.5. The van der Waals surface area contributed by atoms with Crippen molar-refractivity contribution in [1.29, 1.82) is 0 Å². The molecule has 0 saturated heterocycles. The molecule has 1 heterocycles. The molecule has 130 valence electrons. The van der Waals surface area contributed by atoms with Crippen LogP contribution in [0.15, 0.2) is 35.0 Å². The van der Waals surface area contributed by atoms with Gasteiger partial charge in [-0.25, -0.2) is 4.79 Å². The number of hydrogen-bond acceptors (Lipinski definition) is 4. The molecule has 0 spiro atoms. The first-order chi connectivity index (χ1) is 11.5. The van der Waals surface area contributed by atoms with Gasteiger partial charge in [-0.2, -0.15) is 11.3 Å². The Bertz CT molecular complexity index is 658. The molecule has 0 aliphatic heterocycles. The third-order valence-corrected chi connectivity index (χ3v) is 4.44. The maximum absolute atomic E-state index is 12.3. The molecule has 0 bridgehead atoms. The van der Waals surface area contributed by atoms with Crippen molar-refractivity contribution in [3.8, 4) is 11.5 Å². The number of hydrogen-bond donors (Lipinski definition) is 1. The van der Waals surface area contributed by atoms with Gasteiger partial charge in [-0.3, -0.25) is 0 Å². The average molecular weight is 348 g/mol. The Morgan fingerprint density at radius 3 is 2.58 bits per heavy atom. The first-order valence-corrected chi connectivity index (χ1v) is 8.71. The molecule has 0 saturated carbocycles. The second-order valence-electron chi connectivity index (χ2n) is 5.73. The Morgan fingerprint density at radius 1 is 1.21 bits per heavy atom. The first-order valence-electron chi connectivity index (χ1n) is 7.77. The number of methoxy groups -OCH3 is 2. The summed E-state index contributed by atoms with van der Waals surface area (Å²) < 4.78 is 10.5. The van der Waals surface area contributed by atoms with Gasteiger partial charge in [-0.05, 0) is 53.4 Å². The van der Waals surface area contributed by atoms with E-state index in [-0.39, 0.29) is 12.1 Å². The largest absolute Gasteiger partial charge is 0.493 e. The zero-order valence-corrected chi connectivity index (χ0v) is 15.4. The summed E-state index contributed by atoms with van der Waals surface area (Å²) >= 11 is 1.67. The summed E-state index contributed by atoms with van der Waals surface area (Å²) in [5, 5.41) is 7.18. The van der Waals surface area contributed by atoms with E-state index in [1.165, 1.54) is 5.56 Å². The van der Waals surface area contributed by atoms with Crippen molar-refractivity contribution in [3.63, 3.8) is 0 Å². The van der Waals surface area contributed by atoms with E-state index in [2.05, 4.69) is 16.8 Å². The highest BCUT2D eigenvalue weighted by molar-refractivity contribution is 7.07. The Labute approximate surface area is 147 Å². The molecule has 0 radical (unpaired) electrons. The first kappa shape index (κ1) is 18.1. The third-order valence-electron chi connectivity index (χ3n) is 3.71. The molecule has 6 heteroatoms. The van der Waals surface area contributed by atoms with Crippen molar-refractivity contribution in [1.82, 2.24) is 10.2 Å². The lowest BCUT2D eigenvalue weighted by molar-refractivity contribution is 0.203. The van der Waals surface area contributed by atoms with Gasteiger partial charge in [-0.1, -0.05) is 6.07 Å². The zero-order valence-electron chi connectivity index (χ0n) is 14.5. The van der Waals surface area contributed by atoms with Crippen LogP contribution < -0.4 is 14.8 Å². The lowest BCUT2D eigenvalue weighted by Gasteiger charge is -2.22. The van der Waals surface area contributed by atoms with Crippen LogP contribution in [0.5, 0.6) is 11.5 Å². The number of benzene rings is 1. The van der Waals surface area contributed by atoms with Crippen LogP contribution in [0, 0.1) is 0 Å². The van der Waals surface area contributed by atoms with E-state index < -0.39 is 0 Å². The fourth-order valence-electron chi connectivity index (χ4n) is 2.46. The highest BCUT2D eigenvalue weighted by Gasteiger charge is 2.14. The lowest BCUT2D eigenvalue weighted by Crippen LogP contribution is -2.42. The van der Waals surface area contributed by atoms with E-state index in [0.29, 0.717) is 18.0 Å². The van der Waals surface area contributed by atoms with Gasteiger partial charge in [0.2, 0.25) is 0 Å². The van der Waals surface area contributed by atoms with Gasteiger partial charge in [0.1, 0.15) is 0 Å². The Kier molecular flexibility index (Phi) is 6.49. The van der Waals surface area contributed by atoms with Crippen LogP contribution >= 0.6 is 11.3 Å². The monoisotopic (exact) mass is 348 g/mol. The molecule has 2 amide bonds. The van der Waals surface area contributed by atoms with Crippen molar-refractivity contribution < 1.29 is 14.3 Å². The SMILES string of the molecule is COc1ccc(CN(C)C(=O)N[C@H](C)Cc2ccsc2)cc1OC. The van der Waals surface area contributed by atoms with Gasteiger partial charge >= 0.3 is 6.03 Å². The molecule has 1 N–H and O–H groups in total. The van der Waals surface area contributed by atoms with Crippen molar-refractivity contribution in [2.24, 2.45) is 0 Å². The number of ether oxygens (including phenoxy) is 2. The standard InChI is InChI=1S/C18H24N2O3S/c1-13(9-15-7-8-24-12-15)19-18(21)20(2)11-14-5-6-16(22-3)17(10-14)23-4/h5-8,10,12-13H,9,11H2,1-4H3,(H,19,21)/t13-/m1/s1. The van der Waals surface area contributed by atoms with Crippen molar-refractivity contribution in [2.45, 2.75) is 25.9 Å². The molecule has 2 aromatic rings. The predicted molar refractivity (Wildman–Crippen MR) is 97.0 cm³/mol. The Morgan fingerprint density at radius 2 is 1.96 bits per heavy atom. The number of nitrogens with zero attached hydrogens (tertiary/aromatic N) is 1. The quantitative estimate of drug-likeness (QED) is 0.833. The topological polar surface area (TPSA) is 50.8 Å². The molecule has 2 rings (SSSR count). The van der Waals surface area contributed by atoms with Gasteiger partial charge in [0, 0.05) is 19.6 Å². The minimum Gasteiger partial charge on any atom is -0.493 e. The number of thiophene rings is 1. The van der Waals surface area contributed by atoms with Crippen LogP contribution in [0.25, 0.3) is 0 Å². The molecule has 0 aliphatic carbocycles. The van der Waals surface area contributed by atoms with Crippen molar-refractivity contribution in [3.05, 3.63) is 46.2 Å². The summed E-state index contributed by atoms with van der Waals surface area (Å²) in [5.41, 5.74) is 2.23. The normalized spacial score (nSPS) is 11.7. The molecule has 1 aromatic carbocycles. The summed E-state index contributed by atoms with van der Waals surface area (Å²) in [6.45, 7) is 2.51. The summed E-state index contributed by atoms with van der Waals surface area (Å²) in [6, 6.07) is 7.74. The van der Waals surface area contributed by atoms with Crippen LogP contribution in [-0.2, 0) is 13.0 Å². The van der Waals surface area contributed by atoms with E-state index in [9.17, 15) is 4.79 Å². The second kappa shape index (κ2) is 8.59. The van der Waals surface area contributed by atoms with E-state index >= 15 is 0 Å². The number of amides is 2. The van der Waals surface area contributed by atoms with Crippen LogP contribution in [0.3, 0.4) is 0 Å². The molecule has 24 heavy (non-hydrogen) atoms. The smallest absolute Gasteiger partial charge is 0.317 e. The van der Waals surface area contributed by atoms with E-state index in [1.807, 2.05) is 30.5 Å². The molecular formula is C18H24N2O3S. The Hall–Kier alpha value is -2.21. The lowest BCUT2D eigenvalue weighted by atomic mass is 10.1. The van der Waals surface area contributed by atoms with Gasteiger partial charge in [0.15, 0.2) is 11.5 Å².